The van der Waals surface area contributed by atoms with Gasteiger partial charge in [-0.05, 0) is 44.1 Å². The molecule has 1 aromatic rings. The monoisotopic (exact) mass is 271 g/mol. The van der Waals surface area contributed by atoms with Crippen LogP contribution in [0.2, 0.25) is 5.02 Å². The van der Waals surface area contributed by atoms with Crippen molar-refractivity contribution >= 4 is 17.4 Å². The normalized spacial score (nSPS) is 16.8. The van der Waals surface area contributed by atoms with E-state index < -0.39 is 5.82 Å². The van der Waals surface area contributed by atoms with Crippen molar-refractivity contribution in [3.8, 4) is 0 Å². The number of carbonyl (C=O) groups is 1. The van der Waals surface area contributed by atoms with Gasteiger partial charge in [-0.25, -0.2) is 4.39 Å². The highest BCUT2D eigenvalue weighted by Crippen LogP contribution is 2.18. The van der Waals surface area contributed by atoms with Gasteiger partial charge in [0.1, 0.15) is 12.4 Å². The molecule has 1 aliphatic heterocycles. The Morgan fingerprint density at radius 1 is 1.44 bits per heavy atom. The van der Waals surface area contributed by atoms with Crippen LogP contribution in [-0.4, -0.2) is 31.6 Å². The molecule has 0 amide bonds. The summed E-state index contributed by atoms with van der Waals surface area (Å²) in [5.74, 6) is -0.748. The molecule has 1 saturated heterocycles. The van der Waals surface area contributed by atoms with E-state index in [9.17, 15) is 9.18 Å². The minimum absolute atomic E-state index is 0.0478. The van der Waals surface area contributed by atoms with Crippen LogP contribution in [0.3, 0.4) is 0 Å². The molecule has 1 fully saturated rings. The van der Waals surface area contributed by atoms with Gasteiger partial charge in [0.25, 0.3) is 0 Å². The van der Waals surface area contributed by atoms with Crippen LogP contribution in [-0.2, 0) is 4.74 Å². The standard InChI is InChI=1S/C13H15ClFNO2/c14-12-2-1-9(15)7-11(12)13(17)8-18-10-3-5-16-6-4-10/h1-2,7,10,16H,3-6,8H2. The molecular weight excluding hydrogens is 257 g/mol. The quantitative estimate of drug-likeness (QED) is 0.855. The Balaban J connectivity index is 1.92. The van der Waals surface area contributed by atoms with Crippen molar-refractivity contribution in [1.29, 1.82) is 0 Å². The number of halogens is 2. The molecule has 0 saturated carbocycles. The average Bonchev–Trinajstić information content (AvgIpc) is 2.40. The number of hydrogen-bond donors (Lipinski definition) is 1. The Kier molecular flexibility index (Phi) is 4.69. The number of ether oxygens (including phenoxy) is 1. The molecule has 0 radical (unpaired) electrons. The van der Waals surface area contributed by atoms with Crippen molar-refractivity contribution in [3.05, 3.63) is 34.6 Å². The van der Waals surface area contributed by atoms with Crippen molar-refractivity contribution < 1.29 is 13.9 Å². The van der Waals surface area contributed by atoms with Crippen LogP contribution in [0.15, 0.2) is 18.2 Å². The molecule has 1 N–H and O–H groups in total. The first kappa shape index (κ1) is 13.5. The Morgan fingerprint density at radius 2 is 2.17 bits per heavy atom. The van der Waals surface area contributed by atoms with E-state index >= 15 is 0 Å². The third-order valence-corrected chi connectivity index (χ3v) is 3.29. The predicted molar refractivity (Wildman–Crippen MR) is 67.6 cm³/mol. The van der Waals surface area contributed by atoms with Gasteiger partial charge in [0.05, 0.1) is 11.1 Å². The van der Waals surface area contributed by atoms with Crippen LogP contribution >= 0.6 is 11.6 Å². The molecule has 2 rings (SSSR count). The minimum atomic E-state index is -0.468. The fourth-order valence-electron chi connectivity index (χ4n) is 1.94. The first-order chi connectivity index (χ1) is 8.66. The number of Topliss-reactive ketones (excluding diaryl/α,β-unsaturated/α-hetero) is 1. The molecule has 18 heavy (non-hydrogen) atoms. The lowest BCUT2D eigenvalue weighted by Crippen LogP contribution is -2.33. The highest BCUT2D eigenvalue weighted by molar-refractivity contribution is 6.34. The Bertz CT molecular complexity index is 433. The number of benzene rings is 1. The third-order valence-electron chi connectivity index (χ3n) is 2.97. The maximum Gasteiger partial charge on any atom is 0.190 e. The molecule has 98 valence electrons. The van der Waals surface area contributed by atoms with E-state index in [0.717, 1.165) is 32.0 Å². The highest BCUT2D eigenvalue weighted by Gasteiger charge is 2.17. The second-order valence-electron chi connectivity index (χ2n) is 4.31. The number of piperidine rings is 1. The summed E-state index contributed by atoms with van der Waals surface area (Å²) in [5.41, 5.74) is 0.186. The maximum absolute atomic E-state index is 13.0. The summed E-state index contributed by atoms with van der Waals surface area (Å²) >= 11 is 5.86. The molecule has 5 heteroatoms. The molecule has 0 spiro atoms. The Hall–Kier alpha value is -0.970. The molecule has 0 bridgehead atoms. The SMILES string of the molecule is O=C(COC1CCNCC1)c1cc(F)ccc1Cl. The zero-order valence-electron chi connectivity index (χ0n) is 9.92. The molecule has 1 aromatic carbocycles. The van der Waals surface area contributed by atoms with Crippen LogP contribution in [0.4, 0.5) is 4.39 Å². The Labute approximate surface area is 110 Å². The summed E-state index contributed by atoms with van der Waals surface area (Å²) in [4.78, 5) is 11.9. The van der Waals surface area contributed by atoms with E-state index in [0.29, 0.717) is 0 Å². The van der Waals surface area contributed by atoms with E-state index in [4.69, 9.17) is 16.3 Å². The minimum Gasteiger partial charge on any atom is -0.370 e. The van der Waals surface area contributed by atoms with Gasteiger partial charge >= 0.3 is 0 Å². The van der Waals surface area contributed by atoms with E-state index in [1.807, 2.05) is 0 Å². The summed E-state index contributed by atoms with van der Waals surface area (Å²) < 4.78 is 18.6. The van der Waals surface area contributed by atoms with Crippen molar-refractivity contribution in [2.24, 2.45) is 0 Å². The summed E-state index contributed by atoms with van der Waals surface area (Å²) in [5, 5.41) is 3.47. The van der Waals surface area contributed by atoms with Gasteiger partial charge in [0.2, 0.25) is 0 Å². The van der Waals surface area contributed by atoms with Gasteiger partial charge in [0.15, 0.2) is 5.78 Å². The van der Waals surface area contributed by atoms with E-state index in [2.05, 4.69) is 5.32 Å². The zero-order chi connectivity index (χ0) is 13.0. The first-order valence-corrected chi connectivity index (χ1v) is 6.35. The number of hydrogen-bond acceptors (Lipinski definition) is 3. The molecule has 1 aliphatic rings. The summed E-state index contributed by atoms with van der Waals surface area (Å²) in [6.07, 6.45) is 1.89. The Morgan fingerprint density at radius 3 is 2.89 bits per heavy atom. The molecule has 3 nitrogen and oxygen atoms in total. The third kappa shape index (κ3) is 3.51. The second kappa shape index (κ2) is 6.27. The lowest BCUT2D eigenvalue weighted by Gasteiger charge is -2.22. The molecular formula is C13H15ClFNO2. The summed E-state index contributed by atoms with van der Waals surface area (Å²) in [7, 11) is 0. The second-order valence-corrected chi connectivity index (χ2v) is 4.71. The molecule has 1 heterocycles. The van der Waals surface area contributed by atoms with Crippen molar-refractivity contribution in [2.75, 3.05) is 19.7 Å². The fourth-order valence-corrected chi connectivity index (χ4v) is 2.17. The predicted octanol–water partition coefficient (Wildman–Crippen LogP) is 2.43. The summed E-state index contributed by atoms with van der Waals surface area (Å²) in [6.45, 7) is 1.76. The van der Waals surface area contributed by atoms with Gasteiger partial charge in [-0.3, -0.25) is 4.79 Å². The van der Waals surface area contributed by atoms with Crippen molar-refractivity contribution in [2.45, 2.75) is 18.9 Å². The van der Waals surface area contributed by atoms with Gasteiger partial charge in [-0.2, -0.15) is 0 Å². The van der Waals surface area contributed by atoms with Crippen LogP contribution in [0, 0.1) is 5.82 Å². The first-order valence-electron chi connectivity index (χ1n) is 5.97. The smallest absolute Gasteiger partial charge is 0.190 e. The topological polar surface area (TPSA) is 38.3 Å². The number of rotatable bonds is 4. The number of nitrogens with one attached hydrogen (secondary N) is 1. The van der Waals surface area contributed by atoms with E-state index in [1.165, 1.54) is 12.1 Å². The van der Waals surface area contributed by atoms with Gasteiger partial charge in [0, 0.05) is 5.56 Å². The van der Waals surface area contributed by atoms with E-state index in [1.54, 1.807) is 0 Å². The van der Waals surface area contributed by atoms with Crippen LogP contribution in [0.5, 0.6) is 0 Å². The van der Waals surface area contributed by atoms with Crippen molar-refractivity contribution in [3.63, 3.8) is 0 Å². The molecule has 0 unspecified atom stereocenters. The highest BCUT2D eigenvalue weighted by atomic mass is 35.5. The molecule has 0 aliphatic carbocycles. The van der Waals surface area contributed by atoms with Gasteiger partial charge in [-0.15, -0.1) is 0 Å². The van der Waals surface area contributed by atoms with Gasteiger partial charge in [-0.1, -0.05) is 11.6 Å². The lowest BCUT2D eigenvalue weighted by molar-refractivity contribution is 0.0317. The van der Waals surface area contributed by atoms with Crippen LogP contribution in [0.25, 0.3) is 0 Å². The van der Waals surface area contributed by atoms with Gasteiger partial charge < -0.3 is 10.1 Å². The van der Waals surface area contributed by atoms with Crippen LogP contribution < -0.4 is 5.32 Å². The largest absolute Gasteiger partial charge is 0.370 e. The van der Waals surface area contributed by atoms with E-state index in [-0.39, 0.29) is 29.1 Å². The average molecular weight is 272 g/mol. The lowest BCUT2D eigenvalue weighted by atomic mass is 10.1. The maximum atomic E-state index is 13.0. The molecule has 0 aromatic heterocycles. The number of ketones is 1. The number of carbonyl (C=O) groups excluding carboxylic acids is 1. The van der Waals surface area contributed by atoms with Crippen molar-refractivity contribution in [1.82, 2.24) is 5.32 Å². The molecule has 0 atom stereocenters. The fraction of sp³-hybridized carbons (Fsp3) is 0.462. The summed E-state index contributed by atoms with van der Waals surface area (Å²) in [6, 6.07) is 3.76. The zero-order valence-corrected chi connectivity index (χ0v) is 10.7. The van der Waals surface area contributed by atoms with Crippen LogP contribution in [0.1, 0.15) is 23.2 Å².